The van der Waals surface area contributed by atoms with Crippen molar-refractivity contribution in [2.24, 2.45) is 12.2 Å². The minimum absolute atomic E-state index is 0.119. The van der Waals surface area contributed by atoms with Crippen LogP contribution in [0.25, 0.3) is 0 Å². The van der Waals surface area contributed by atoms with Gasteiger partial charge < -0.3 is 15.1 Å². The number of amides is 1. The van der Waals surface area contributed by atoms with Gasteiger partial charge in [0.05, 0.1) is 5.71 Å². The molecule has 2 N–H and O–H groups in total. The lowest BCUT2D eigenvalue weighted by Gasteiger charge is -2.01. The standard InChI is InChI=1S/C9H11N3O2/c1-12-5-3-6-7(11-14)2-4-10-9(13)8(6)12/h3,5,14H,2,4H2,1H3,(H,10,13)/b11-7+. The van der Waals surface area contributed by atoms with Crippen molar-refractivity contribution in [3.8, 4) is 0 Å². The molecule has 5 heteroatoms. The molecule has 0 unspecified atom stereocenters. The van der Waals surface area contributed by atoms with Crippen molar-refractivity contribution >= 4 is 11.6 Å². The average molecular weight is 193 g/mol. The quantitative estimate of drug-likeness (QED) is 0.461. The maximum atomic E-state index is 11.6. The minimum atomic E-state index is -0.119. The van der Waals surface area contributed by atoms with Crippen LogP contribution in [0.15, 0.2) is 17.4 Å². The highest BCUT2D eigenvalue weighted by Gasteiger charge is 2.22. The molecule has 0 atom stereocenters. The number of hydrogen-bond donors (Lipinski definition) is 2. The lowest BCUT2D eigenvalue weighted by Crippen LogP contribution is -2.24. The molecule has 0 bridgehead atoms. The summed E-state index contributed by atoms with van der Waals surface area (Å²) in [7, 11) is 1.79. The van der Waals surface area contributed by atoms with Gasteiger partial charge in [0, 0.05) is 31.8 Å². The average Bonchev–Trinajstić information content (AvgIpc) is 2.46. The molecule has 1 aliphatic rings. The predicted octanol–water partition coefficient (Wildman–Crippen LogP) is 0.337. The fraction of sp³-hybridized carbons (Fsp3) is 0.333. The molecule has 1 amide bonds. The normalized spacial score (nSPS) is 18.9. The molecule has 0 saturated heterocycles. The molecule has 0 radical (unpaired) electrons. The Labute approximate surface area is 81.0 Å². The Hall–Kier alpha value is -1.78. The molecule has 2 rings (SSSR count). The van der Waals surface area contributed by atoms with Crippen LogP contribution in [0.1, 0.15) is 22.5 Å². The predicted molar refractivity (Wildman–Crippen MR) is 50.7 cm³/mol. The van der Waals surface area contributed by atoms with Crippen molar-refractivity contribution in [2.75, 3.05) is 6.54 Å². The van der Waals surface area contributed by atoms with Crippen LogP contribution in [0.3, 0.4) is 0 Å². The molecule has 0 fully saturated rings. The Morgan fingerprint density at radius 2 is 2.43 bits per heavy atom. The molecular formula is C9H11N3O2. The van der Waals surface area contributed by atoms with Crippen molar-refractivity contribution in [1.29, 1.82) is 0 Å². The number of aryl methyl sites for hydroxylation is 1. The van der Waals surface area contributed by atoms with Crippen molar-refractivity contribution in [3.63, 3.8) is 0 Å². The highest BCUT2D eigenvalue weighted by Crippen LogP contribution is 2.15. The van der Waals surface area contributed by atoms with E-state index in [0.717, 1.165) is 0 Å². The van der Waals surface area contributed by atoms with Crippen LogP contribution < -0.4 is 5.32 Å². The van der Waals surface area contributed by atoms with Crippen LogP contribution in [0.2, 0.25) is 0 Å². The molecule has 0 saturated carbocycles. The van der Waals surface area contributed by atoms with Gasteiger partial charge in [-0.1, -0.05) is 5.16 Å². The van der Waals surface area contributed by atoms with Gasteiger partial charge in [0.25, 0.3) is 5.91 Å². The van der Waals surface area contributed by atoms with E-state index in [1.54, 1.807) is 23.9 Å². The van der Waals surface area contributed by atoms with E-state index in [1.807, 2.05) is 0 Å². The number of aromatic nitrogens is 1. The maximum Gasteiger partial charge on any atom is 0.268 e. The molecule has 14 heavy (non-hydrogen) atoms. The van der Waals surface area contributed by atoms with Gasteiger partial charge >= 0.3 is 0 Å². The van der Waals surface area contributed by atoms with Crippen LogP contribution in [0.5, 0.6) is 0 Å². The van der Waals surface area contributed by atoms with Gasteiger partial charge in [-0.25, -0.2) is 0 Å². The molecule has 1 aromatic heterocycles. The third kappa shape index (κ3) is 1.17. The number of nitrogens with one attached hydrogen (secondary N) is 1. The highest BCUT2D eigenvalue weighted by atomic mass is 16.4. The van der Waals surface area contributed by atoms with E-state index in [1.165, 1.54) is 0 Å². The van der Waals surface area contributed by atoms with Gasteiger partial charge in [-0.05, 0) is 6.07 Å². The number of carbonyl (C=O) groups is 1. The molecular weight excluding hydrogens is 182 g/mol. The Bertz CT molecular complexity index is 406. The minimum Gasteiger partial charge on any atom is -0.411 e. The van der Waals surface area contributed by atoms with Crippen molar-refractivity contribution in [3.05, 3.63) is 23.5 Å². The molecule has 1 aliphatic heterocycles. The van der Waals surface area contributed by atoms with Crippen LogP contribution in [0, 0.1) is 0 Å². The number of hydrogen-bond acceptors (Lipinski definition) is 3. The third-order valence-electron chi connectivity index (χ3n) is 2.37. The van der Waals surface area contributed by atoms with E-state index in [4.69, 9.17) is 5.21 Å². The van der Waals surface area contributed by atoms with Gasteiger partial charge in [0.15, 0.2) is 0 Å². The van der Waals surface area contributed by atoms with Gasteiger partial charge in [0.2, 0.25) is 0 Å². The second-order valence-corrected chi connectivity index (χ2v) is 3.24. The summed E-state index contributed by atoms with van der Waals surface area (Å²) in [5.41, 5.74) is 1.82. The lowest BCUT2D eigenvalue weighted by atomic mass is 10.1. The first kappa shape index (κ1) is 8.80. The summed E-state index contributed by atoms with van der Waals surface area (Å²) in [4.78, 5) is 11.6. The third-order valence-corrected chi connectivity index (χ3v) is 2.37. The summed E-state index contributed by atoms with van der Waals surface area (Å²) in [6, 6.07) is 1.79. The summed E-state index contributed by atoms with van der Waals surface area (Å²) in [5, 5.41) is 14.7. The van der Waals surface area contributed by atoms with E-state index in [2.05, 4.69) is 10.5 Å². The summed E-state index contributed by atoms with van der Waals surface area (Å²) in [6.45, 7) is 0.507. The Balaban J connectivity index is 2.60. The van der Waals surface area contributed by atoms with Crippen LogP contribution in [0.4, 0.5) is 0 Å². The van der Waals surface area contributed by atoms with E-state index in [-0.39, 0.29) is 5.91 Å². The summed E-state index contributed by atoms with van der Waals surface area (Å²) < 4.78 is 1.72. The number of fused-ring (bicyclic) bond motifs is 1. The highest BCUT2D eigenvalue weighted by molar-refractivity contribution is 6.11. The smallest absolute Gasteiger partial charge is 0.268 e. The largest absolute Gasteiger partial charge is 0.411 e. The van der Waals surface area contributed by atoms with Gasteiger partial charge in [-0.3, -0.25) is 4.79 Å². The second kappa shape index (κ2) is 3.17. The summed E-state index contributed by atoms with van der Waals surface area (Å²) in [5.74, 6) is -0.119. The molecule has 0 aromatic carbocycles. The maximum absolute atomic E-state index is 11.6. The number of oxime groups is 1. The molecule has 5 nitrogen and oxygen atoms in total. The number of rotatable bonds is 0. The van der Waals surface area contributed by atoms with E-state index >= 15 is 0 Å². The van der Waals surface area contributed by atoms with Gasteiger partial charge in [-0.2, -0.15) is 0 Å². The van der Waals surface area contributed by atoms with Crippen molar-refractivity contribution in [2.45, 2.75) is 6.42 Å². The molecule has 74 valence electrons. The van der Waals surface area contributed by atoms with Crippen molar-refractivity contribution in [1.82, 2.24) is 9.88 Å². The zero-order valence-electron chi connectivity index (χ0n) is 7.82. The first-order chi connectivity index (χ1) is 6.74. The fourth-order valence-electron chi connectivity index (χ4n) is 1.66. The van der Waals surface area contributed by atoms with Gasteiger partial charge in [-0.15, -0.1) is 0 Å². The Kier molecular flexibility index (Phi) is 1.99. The molecule has 0 spiro atoms. The molecule has 0 aliphatic carbocycles. The van der Waals surface area contributed by atoms with Crippen LogP contribution in [-0.2, 0) is 7.05 Å². The van der Waals surface area contributed by atoms with Gasteiger partial charge in [0.1, 0.15) is 5.69 Å². The van der Waals surface area contributed by atoms with Crippen LogP contribution in [-0.4, -0.2) is 27.9 Å². The monoisotopic (exact) mass is 193 g/mol. The molecule has 2 heterocycles. The topological polar surface area (TPSA) is 66.6 Å². The Morgan fingerprint density at radius 3 is 3.14 bits per heavy atom. The lowest BCUT2D eigenvalue weighted by molar-refractivity contribution is 0.0948. The van der Waals surface area contributed by atoms with Crippen molar-refractivity contribution < 1.29 is 10.0 Å². The summed E-state index contributed by atoms with van der Waals surface area (Å²) in [6.07, 6.45) is 2.33. The second-order valence-electron chi connectivity index (χ2n) is 3.24. The number of carbonyl (C=O) groups excluding carboxylic acids is 1. The molecule has 1 aromatic rings. The van der Waals surface area contributed by atoms with E-state index < -0.39 is 0 Å². The fourth-order valence-corrected chi connectivity index (χ4v) is 1.66. The Morgan fingerprint density at radius 1 is 1.64 bits per heavy atom. The van der Waals surface area contributed by atoms with E-state index in [9.17, 15) is 4.79 Å². The number of nitrogens with zero attached hydrogens (tertiary/aromatic N) is 2. The summed E-state index contributed by atoms with van der Waals surface area (Å²) >= 11 is 0. The first-order valence-electron chi connectivity index (χ1n) is 4.39. The zero-order valence-corrected chi connectivity index (χ0v) is 7.82. The zero-order chi connectivity index (χ0) is 10.1. The SMILES string of the molecule is Cn1ccc2c1C(=O)NCC/C2=N\O. The van der Waals surface area contributed by atoms with Crippen LogP contribution >= 0.6 is 0 Å². The first-order valence-corrected chi connectivity index (χ1v) is 4.39. The van der Waals surface area contributed by atoms with E-state index in [0.29, 0.717) is 29.9 Å².